The molecule has 3 aromatic carbocycles. The molecule has 0 bridgehead atoms. The van der Waals surface area contributed by atoms with Gasteiger partial charge in [0.1, 0.15) is 5.82 Å². The van der Waals surface area contributed by atoms with Crippen LogP contribution in [0.25, 0.3) is 0 Å². The Hall–Kier alpha value is -3.60. The number of carbonyl (C=O) groups excluding carboxylic acids is 1. The zero-order valence-corrected chi connectivity index (χ0v) is 25.0. The van der Waals surface area contributed by atoms with Gasteiger partial charge in [-0.1, -0.05) is 36.4 Å². The summed E-state index contributed by atoms with van der Waals surface area (Å²) in [7, 11) is 3.39. The number of nitrogens with zero attached hydrogens (tertiary/aromatic N) is 3. The van der Waals surface area contributed by atoms with Crippen molar-refractivity contribution in [3.05, 3.63) is 106 Å². The number of carbonyl (C=O) groups is 1. The molecule has 3 aromatic rings. The average Bonchev–Trinajstić information content (AvgIpc) is 2.95. The predicted octanol–water partition coefficient (Wildman–Crippen LogP) is 8.87. The van der Waals surface area contributed by atoms with E-state index in [9.17, 15) is 35.5 Å². The molecule has 0 aromatic heterocycles. The molecule has 4 rings (SSSR count). The van der Waals surface area contributed by atoms with E-state index in [0.29, 0.717) is 37.1 Å². The van der Waals surface area contributed by atoms with Crippen LogP contribution in [0.5, 0.6) is 0 Å². The first-order valence-corrected chi connectivity index (χ1v) is 14.4. The quantitative estimate of drug-likeness (QED) is 0.246. The van der Waals surface area contributed by atoms with Crippen LogP contribution in [-0.2, 0) is 18.9 Å². The molecule has 0 spiro atoms. The molecule has 1 heterocycles. The summed E-state index contributed by atoms with van der Waals surface area (Å²) < 4.78 is 95.1. The topological polar surface area (TPSA) is 26.8 Å². The van der Waals surface area contributed by atoms with E-state index in [1.165, 1.54) is 31.0 Å². The lowest BCUT2D eigenvalue weighted by Crippen LogP contribution is -2.48. The minimum absolute atomic E-state index is 0.0744. The van der Waals surface area contributed by atoms with Crippen LogP contribution in [0.1, 0.15) is 65.2 Å². The maximum Gasteiger partial charge on any atom is 0.416 e. The van der Waals surface area contributed by atoms with Crippen LogP contribution in [0.15, 0.2) is 66.7 Å². The van der Waals surface area contributed by atoms with Gasteiger partial charge >= 0.3 is 18.4 Å². The summed E-state index contributed by atoms with van der Waals surface area (Å²) in [6, 6.07) is 13.6. The van der Waals surface area contributed by atoms with Crippen molar-refractivity contribution in [1.29, 1.82) is 0 Å². The molecule has 44 heavy (non-hydrogen) atoms. The molecule has 0 radical (unpaired) electrons. The lowest BCUT2D eigenvalue weighted by Gasteiger charge is -2.43. The number of piperidine rings is 1. The third-order valence-corrected chi connectivity index (χ3v) is 8.39. The number of rotatable bonds is 7. The van der Waals surface area contributed by atoms with Crippen LogP contribution >= 0.6 is 0 Å². The number of benzene rings is 3. The van der Waals surface area contributed by atoms with E-state index >= 15 is 0 Å². The van der Waals surface area contributed by atoms with Crippen molar-refractivity contribution < 1.29 is 35.5 Å². The van der Waals surface area contributed by atoms with E-state index in [4.69, 9.17) is 0 Å². The van der Waals surface area contributed by atoms with Crippen molar-refractivity contribution in [3.63, 3.8) is 0 Å². The van der Waals surface area contributed by atoms with Crippen molar-refractivity contribution in [1.82, 2.24) is 14.7 Å². The van der Waals surface area contributed by atoms with Gasteiger partial charge in [0.2, 0.25) is 0 Å². The highest BCUT2D eigenvalue weighted by Gasteiger charge is 2.39. The van der Waals surface area contributed by atoms with E-state index in [2.05, 4.69) is 4.90 Å². The number of alkyl halides is 6. The van der Waals surface area contributed by atoms with Gasteiger partial charge in [0.05, 0.1) is 23.2 Å². The molecule has 0 aliphatic carbocycles. The van der Waals surface area contributed by atoms with Gasteiger partial charge < -0.3 is 14.7 Å². The van der Waals surface area contributed by atoms with Gasteiger partial charge in [-0.25, -0.2) is 9.18 Å². The van der Waals surface area contributed by atoms with Gasteiger partial charge in [0, 0.05) is 26.7 Å². The molecule has 238 valence electrons. The van der Waals surface area contributed by atoms with Crippen LogP contribution in [-0.4, -0.2) is 47.9 Å². The Morgan fingerprint density at radius 1 is 0.932 bits per heavy atom. The second-order valence-electron chi connectivity index (χ2n) is 11.7. The lowest BCUT2D eigenvalue weighted by molar-refractivity contribution is -0.143. The van der Waals surface area contributed by atoms with Gasteiger partial charge in [0.25, 0.3) is 0 Å². The van der Waals surface area contributed by atoms with Crippen LogP contribution in [0.4, 0.5) is 35.5 Å². The molecule has 1 fully saturated rings. The molecule has 11 heteroatoms. The number of urea groups is 1. The molecule has 0 saturated carbocycles. The smallest absolute Gasteiger partial charge is 0.321 e. The van der Waals surface area contributed by atoms with Gasteiger partial charge in [-0.3, -0.25) is 0 Å². The first-order chi connectivity index (χ1) is 20.5. The Kier molecular flexibility index (Phi) is 9.97. The summed E-state index contributed by atoms with van der Waals surface area (Å²) in [6.07, 6.45) is -8.80. The normalized spacial score (nSPS) is 18.4. The second-order valence-corrected chi connectivity index (χ2v) is 11.7. The molecule has 3 unspecified atom stereocenters. The van der Waals surface area contributed by atoms with E-state index in [1.54, 1.807) is 17.9 Å². The van der Waals surface area contributed by atoms with E-state index < -0.39 is 47.4 Å². The largest absolute Gasteiger partial charge is 0.416 e. The zero-order chi connectivity index (χ0) is 32.4. The average molecular weight is 624 g/mol. The van der Waals surface area contributed by atoms with E-state index in [-0.39, 0.29) is 17.5 Å². The molecule has 1 saturated heterocycles. The van der Waals surface area contributed by atoms with Gasteiger partial charge in [0.15, 0.2) is 0 Å². The van der Waals surface area contributed by atoms with Crippen molar-refractivity contribution in [3.8, 4) is 0 Å². The van der Waals surface area contributed by atoms with Gasteiger partial charge in [-0.15, -0.1) is 0 Å². The summed E-state index contributed by atoms with van der Waals surface area (Å²) in [4.78, 5) is 18.9. The van der Waals surface area contributed by atoms with Crippen molar-refractivity contribution in [2.75, 3.05) is 27.2 Å². The molecule has 1 aliphatic rings. The number of halogens is 7. The highest BCUT2D eigenvalue weighted by molar-refractivity contribution is 5.75. The second kappa shape index (κ2) is 13.2. The molecular formula is C33H36F7N3O. The monoisotopic (exact) mass is 623 g/mol. The Balaban J connectivity index is 1.60. The Morgan fingerprint density at radius 3 is 2.11 bits per heavy atom. The Labute approximate surface area is 253 Å². The fourth-order valence-corrected chi connectivity index (χ4v) is 5.95. The number of hydrogen-bond donors (Lipinski definition) is 0. The molecule has 0 N–H and O–H groups in total. The third kappa shape index (κ3) is 7.91. The number of amides is 2. The predicted molar refractivity (Wildman–Crippen MR) is 154 cm³/mol. The first kappa shape index (κ1) is 33.3. The minimum Gasteiger partial charge on any atom is -0.321 e. The fourth-order valence-electron chi connectivity index (χ4n) is 5.95. The van der Waals surface area contributed by atoms with Gasteiger partial charge in [-0.2, -0.15) is 26.3 Å². The highest BCUT2D eigenvalue weighted by Crippen LogP contribution is 2.40. The Bertz CT molecular complexity index is 1410. The first-order valence-electron chi connectivity index (χ1n) is 14.4. The maximum absolute atomic E-state index is 14.0. The number of hydrogen-bond acceptors (Lipinski definition) is 2. The molecule has 4 nitrogen and oxygen atoms in total. The SMILES string of the molecule is Cc1cc(F)ccc1C1CC(CN(C)Cc2ccccc2)CCN1C(=O)N(C)C(C)c1cc(C(F)(F)F)cc(C(F)(F)F)c1. The van der Waals surface area contributed by atoms with Crippen molar-refractivity contribution in [2.45, 2.75) is 57.7 Å². The summed E-state index contributed by atoms with van der Waals surface area (Å²) in [5.74, 6) is -0.238. The summed E-state index contributed by atoms with van der Waals surface area (Å²) in [5, 5.41) is 0. The highest BCUT2D eigenvalue weighted by atomic mass is 19.4. The third-order valence-electron chi connectivity index (χ3n) is 8.39. The number of aryl methyl sites for hydroxylation is 1. The molecule has 2 amide bonds. The molecule has 3 atom stereocenters. The summed E-state index contributed by atoms with van der Waals surface area (Å²) in [6.45, 7) is 4.94. The standard InChI is InChI=1S/C33H36F7N3O/c1-21-14-28(34)10-11-29(21)30-15-24(20-41(3)19-23-8-6-5-7-9-23)12-13-43(30)31(44)42(4)22(2)25-16-26(32(35,36)37)18-27(17-25)33(38,39)40/h5-11,14,16-18,22,24,30H,12-13,15,19-20H2,1-4H3. The van der Waals surface area contributed by atoms with Crippen LogP contribution < -0.4 is 0 Å². The zero-order valence-electron chi connectivity index (χ0n) is 25.0. The van der Waals surface area contributed by atoms with Gasteiger partial charge in [-0.05, 0) is 92.2 Å². The van der Waals surface area contributed by atoms with Crippen molar-refractivity contribution in [2.24, 2.45) is 5.92 Å². The van der Waals surface area contributed by atoms with E-state index in [1.807, 2.05) is 37.4 Å². The van der Waals surface area contributed by atoms with Crippen LogP contribution in [0.3, 0.4) is 0 Å². The molecular weight excluding hydrogens is 587 g/mol. The van der Waals surface area contributed by atoms with Crippen molar-refractivity contribution >= 4 is 6.03 Å². The van der Waals surface area contributed by atoms with Crippen LogP contribution in [0.2, 0.25) is 0 Å². The number of likely N-dealkylation sites (tertiary alicyclic amines) is 1. The maximum atomic E-state index is 14.0. The summed E-state index contributed by atoms with van der Waals surface area (Å²) >= 11 is 0. The molecule has 1 aliphatic heterocycles. The summed E-state index contributed by atoms with van der Waals surface area (Å²) in [5.41, 5.74) is -0.600. The Morgan fingerprint density at radius 2 is 1.55 bits per heavy atom. The minimum atomic E-state index is -5.00. The van der Waals surface area contributed by atoms with Crippen LogP contribution in [0, 0.1) is 18.7 Å². The fraction of sp³-hybridized carbons (Fsp3) is 0.424. The lowest BCUT2D eigenvalue weighted by atomic mass is 9.85. The van der Waals surface area contributed by atoms with E-state index in [0.717, 1.165) is 24.2 Å².